The minimum Gasteiger partial charge on any atom is -0.506 e. The fourth-order valence-electron chi connectivity index (χ4n) is 1.16. The smallest absolute Gasteiger partial charge is 0.319 e. The lowest BCUT2D eigenvalue weighted by molar-refractivity contribution is 0.194. The molecule has 0 radical (unpaired) electrons. The Morgan fingerprint density at radius 2 is 2.19 bits per heavy atom. The number of rotatable bonds is 5. The quantitative estimate of drug-likeness (QED) is 0.525. The number of hydrogen-bond acceptors (Lipinski definition) is 3. The van der Waals surface area contributed by atoms with Gasteiger partial charge in [-0.05, 0) is 18.6 Å². The molecule has 0 atom stereocenters. The summed E-state index contributed by atoms with van der Waals surface area (Å²) >= 11 is 0. The van der Waals surface area contributed by atoms with Gasteiger partial charge in [0.2, 0.25) is 0 Å². The highest BCUT2D eigenvalue weighted by Crippen LogP contribution is 2.20. The van der Waals surface area contributed by atoms with Crippen molar-refractivity contribution >= 4 is 11.7 Å². The van der Waals surface area contributed by atoms with Crippen LogP contribution in [0.5, 0.6) is 5.75 Å². The summed E-state index contributed by atoms with van der Waals surface area (Å²) in [7, 11) is 1.61. The van der Waals surface area contributed by atoms with Crippen LogP contribution in [0.2, 0.25) is 0 Å². The third-order valence-electron chi connectivity index (χ3n) is 1.96. The normalized spacial score (nSPS) is 9.81. The highest BCUT2D eigenvalue weighted by Gasteiger charge is 2.03. The van der Waals surface area contributed by atoms with Crippen LogP contribution in [0.15, 0.2) is 24.3 Å². The van der Waals surface area contributed by atoms with Crippen molar-refractivity contribution in [1.29, 1.82) is 0 Å². The van der Waals surface area contributed by atoms with E-state index in [0.717, 1.165) is 6.42 Å². The maximum Gasteiger partial charge on any atom is 0.319 e. The summed E-state index contributed by atoms with van der Waals surface area (Å²) in [4.78, 5) is 11.4. The number of hydrogen-bond donors (Lipinski definition) is 3. The lowest BCUT2D eigenvalue weighted by Crippen LogP contribution is -2.30. The monoisotopic (exact) mass is 224 g/mol. The van der Waals surface area contributed by atoms with Crippen molar-refractivity contribution in [2.24, 2.45) is 0 Å². The van der Waals surface area contributed by atoms with Crippen LogP contribution < -0.4 is 10.6 Å². The number of para-hydroxylation sites is 2. The summed E-state index contributed by atoms with van der Waals surface area (Å²) in [5.41, 5.74) is 0.395. The average Bonchev–Trinajstić information content (AvgIpc) is 2.28. The molecule has 1 aromatic rings. The van der Waals surface area contributed by atoms with Crippen molar-refractivity contribution in [2.45, 2.75) is 6.42 Å². The molecule has 0 saturated heterocycles. The van der Waals surface area contributed by atoms with Crippen LogP contribution in [0, 0.1) is 0 Å². The number of aromatic hydroxyl groups is 1. The van der Waals surface area contributed by atoms with Crippen LogP contribution in [0.4, 0.5) is 10.5 Å². The van der Waals surface area contributed by atoms with E-state index < -0.39 is 0 Å². The Labute approximate surface area is 94.4 Å². The second-order valence-corrected chi connectivity index (χ2v) is 3.24. The van der Waals surface area contributed by atoms with Crippen LogP contribution in [0.25, 0.3) is 0 Å². The SMILES string of the molecule is COCCCNC(=O)Nc1ccccc1O. The maximum absolute atomic E-state index is 11.4. The average molecular weight is 224 g/mol. The van der Waals surface area contributed by atoms with E-state index in [1.54, 1.807) is 25.3 Å². The maximum atomic E-state index is 11.4. The first kappa shape index (κ1) is 12.3. The summed E-state index contributed by atoms with van der Waals surface area (Å²) in [5, 5.41) is 14.6. The van der Waals surface area contributed by atoms with Gasteiger partial charge in [0.1, 0.15) is 5.75 Å². The van der Waals surface area contributed by atoms with Crippen LogP contribution in [0.1, 0.15) is 6.42 Å². The van der Waals surface area contributed by atoms with Gasteiger partial charge in [-0.25, -0.2) is 4.79 Å². The van der Waals surface area contributed by atoms with Crippen molar-refractivity contribution in [3.63, 3.8) is 0 Å². The molecule has 2 amide bonds. The largest absolute Gasteiger partial charge is 0.506 e. The number of methoxy groups -OCH3 is 1. The summed E-state index contributed by atoms with van der Waals surface area (Å²) in [6, 6.07) is 6.24. The molecule has 5 heteroatoms. The molecule has 1 rings (SSSR count). The number of urea groups is 1. The molecule has 1 aromatic carbocycles. The van der Waals surface area contributed by atoms with E-state index in [2.05, 4.69) is 10.6 Å². The van der Waals surface area contributed by atoms with E-state index in [4.69, 9.17) is 4.74 Å². The molecule has 0 saturated carbocycles. The van der Waals surface area contributed by atoms with E-state index >= 15 is 0 Å². The first-order valence-corrected chi connectivity index (χ1v) is 5.06. The molecule has 0 fully saturated rings. The number of benzene rings is 1. The highest BCUT2D eigenvalue weighted by molar-refractivity contribution is 5.90. The van der Waals surface area contributed by atoms with Crippen LogP contribution in [0.3, 0.4) is 0 Å². The summed E-state index contributed by atoms with van der Waals surface area (Å²) in [6.07, 6.45) is 0.755. The van der Waals surface area contributed by atoms with E-state index in [9.17, 15) is 9.90 Å². The summed E-state index contributed by atoms with van der Waals surface area (Å²) < 4.78 is 4.85. The first-order chi connectivity index (χ1) is 7.74. The molecule has 3 N–H and O–H groups in total. The number of carbonyl (C=O) groups excluding carboxylic acids is 1. The molecule has 88 valence electrons. The van der Waals surface area contributed by atoms with Gasteiger partial charge in [-0.15, -0.1) is 0 Å². The van der Waals surface area contributed by atoms with Gasteiger partial charge in [0, 0.05) is 20.3 Å². The number of ether oxygens (including phenoxy) is 1. The number of amides is 2. The summed E-state index contributed by atoms with van der Waals surface area (Å²) in [5.74, 6) is 0.0505. The zero-order chi connectivity index (χ0) is 11.8. The fraction of sp³-hybridized carbons (Fsp3) is 0.364. The second-order valence-electron chi connectivity index (χ2n) is 3.24. The Morgan fingerprint density at radius 1 is 1.44 bits per heavy atom. The first-order valence-electron chi connectivity index (χ1n) is 5.06. The molecular weight excluding hydrogens is 208 g/mol. The van der Waals surface area contributed by atoms with E-state index in [1.807, 2.05) is 0 Å². The molecular formula is C11H16N2O3. The Balaban J connectivity index is 2.32. The molecule has 0 aliphatic heterocycles. The van der Waals surface area contributed by atoms with Gasteiger partial charge in [0.25, 0.3) is 0 Å². The molecule has 0 bridgehead atoms. The van der Waals surface area contributed by atoms with Crippen molar-refractivity contribution in [1.82, 2.24) is 5.32 Å². The number of nitrogens with one attached hydrogen (secondary N) is 2. The molecule has 0 aliphatic carbocycles. The van der Waals surface area contributed by atoms with Crippen molar-refractivity contribution < 1.29 is 14.6 Å². The number of phenolic OH excluding ortho intramolecular Hbond substituents is 1. The molecule has 0 spiro atoms. The lowest BCUT2D eigenvalue weighted by atomic mass is 10.3. The Kier molecular flexibility index (Phi) is 5.15. The number of anilines is 1. The topological polar surface area (TPSA) is 70.6 Å². The standard InChI is InChI=1S/C11H16N2O3/c1-16-8-4-7-12-11(15)13-9-5-2-3-6-10(9)14/h2-3,5-6,14H,4,7-8H2,1H3,(H2,12,13,15). The zero-order valence-electron chi connectivity index (χ0n) is 9.19. The predicted octanol–water partition coefficient (Wildman–Crippen LogP) is 1.55. The predicted molar refractivity (Wildman–Crippen MR) is 61.6 cm³/mol. The molecule has 0 unspecified atom stereocenters. The molecule has 16 heavy (non-hydrogen) atoms. The minimum atomic E-state index is -0.336. The van der Waals surface area contributed by atoms with Gasteiger partial charge >= 0.3 is 6.03 Å². The van der Waals surface area contributed by atoms with Gasteiger partial charge in [0.05, 0.1) is 5.69 Å². The fourth-order valence-corrected chi connectivity index (χ4v) is 1.16. The minimum absolute atomic E-state index is 0.0505. The van der Waals surface area contributed by atoms with Gasteiger partial charge in [0.15, 0.2) is 0 Å². The Morgan fingerprint density at radius 3 is 2.88 bits per heavy atom. The highest BCUT2D eigenvalue weighted by atomic mass is 16.5. The van der Waals surface area contributed by atoms with Crippen LogP contribution >= 0.6 is 0 Å². The summed E-state index contributed by atoms with van der Waals surface area (Å²) in [6.45, 7) is 1.14. The van der Waals surface area contributed by atoms with Crippen LogP contribution in [-0.2, 0) is 4.74 Å². The number of phenols is 1. The molecule has 0 aromatic heterocycles. The van der Waals surface area contributed by atoms with Crippen molar-refractivity contribution in [3.05, 3.63) is 24.3 Å². The zero-order valence-corrected chi connectivity index (χ0v) is 9.19. The van der Waals surface area contributed by atoms with Gasteiger partial charge in [-0.3, -0.25) is 0 Å². The van der Waals surface area contributed by atoms with E-state index in [0.29, 0.717) is 18.8 Å². The van der Waals surface area contributed by atoms with E-state index in [1.165, 1.54) is 6.07 Å². The van der Waals surface area contributed by atoms with E-state index in [-0.39, 0.29) is 11.8 Å². The third-order valence-corrected chi connectivity index (χ3v) is 1.96. The van der Waals surface area contributed by atoms with Gasteiger partial charge in [-0.1, -0.05) is 12.1 Å². The van der Waals surface area contributed by atoms with Gasteiger partial charge in [-0.2, -0.15) is 0 Å². The Hall–Kier alpha value is -1.75. The molecule has 5 nitrogen and oxygen atoms in total. The lowest BCUT2D eigenvalue weighted by Gasteiger charge is -2.08. The molecule has 0 aliphatic rings. The second kappa shape index (κ2) is 6.68. The molecule has 0 heterocycles. The van der Waals surface area contributed by atoms with Crippen molar-refractivity contribution in [2.75, 3.05) is 25.6 Å². The number of carbonyl (C=O) groups is 1. The van der Waals surface area contributed by atoms with Crippen molar-refractivity contribution in [3.8, 4) is 5.75 Å². The van der Waals surface area contributed by atoms with Gasteiger partial charge < -0.3 is 20.5 Å². The third kappa shape index (κ3) is 4.18. The Bertz CT molecular complexity index is 342. The van der Waals surface area contributed by atoms with Crippen LogP contribution in [-0.4, -0.2) is 31.4 Å².